The van der Waals surface area contributed by atoms with E-state index in [-0.39, 0.29) is 34.5 Å². The standard InChI is InChI=1S/C30H22O6/c1-35-25-13-23-19-9-5-17(31)11-15(19)3-7-21(23)27(29(25)33)28-22-8-4-16-12-18(32)6-10-20(16)24(22)14-26(36-2)30(28)34/h3-14,31-34H,1-2H3. The maximum atomic E-state index is 11.4. The number of hydrogen-bond donors (Lipinski definition) is 4. The highest BCUT2D eigenvalue weighted by Gasteiger charge is 2.24. The lowest BCUT2D eigenvalue weighted by Crippen LogP contribution is -1.94. The Labute approximate surface area is 205 Å². The van der Waals surface area contributed by atoms with Crippen LogP contribution in [-0.4, -0.2) is 34.6 Å². The molecule has 6 aromatic carbocycles. The predicted molar refractivity (Wildman–Crippen MR) is 142 cm³/mol. The van der Waals surface area contributed by atoms with Crippen LogP contribution < -0.4 is 9.47 Å². The van der Waals surface area contributed by atoms with Crippen molar-refractivity contribution in [3.63, 3.8) is 0 Å². The van der Waals surface area contributed by atoms with E-state index < -0.39 is 0 Å². The van der Waals surface area contributed by atoms with Gasteiger partial charge in [-0.05, 0) is 79.5 Å². The van der Waals surface area contributed by atoms with Crippen molar-refractivity contribution in [3.8, 4) is 45.6 Å². The highest BCUT2D eigenvalue weighted by Crippen LogP contribution is 2.52. The maximum Gasteiger partial charge on any atom is 0.166 e. The van der Waals surface area contributed by atoms with Crippen LogP contribution >= 0.6 is 0 Å². The van der Waals surface area contributed by atoms with Crippen LogP contribution in [0.3, 0.4) is 0 Å². The highest BCUT2D eigenvalue weighted by atomic mass is 16.5. The lowest BCUT2D eigenvalue weighted by atomic mass is 9.88. The van der Waals surface area contributed by atoms with E-state index in [0.29, 0.717) is 21.9 Å². The molecule has 4 N–H and O–H groups in total. The van der Waals surface area contributed by atoms with Gasteiger partial charge in [-0.15, -0.1) is 0 Å². The van der Waals surface area contributed by atoms with Crippen LogP contribution in [0.5, 0.6) is 34.5 Å². The monoisotopic (exact) mass is 478 g/mol. The molecule has 0 aromatic heterocycles. The van der Waals surface area contributed by atoms with Gasteiger partial charge in [0.1, 0.15) is 11.5 Å². The van der Waals surface area contributed by atoms with Gasteiger partial charge >= 0.3 is 0 Å². The van der Waals surface area contributed by atoms with Gasteiger partial charge in [0.2, 0.25) is 0 Å². The molecule has 0 saturated heterocycles. The molecule has 6 nitrogen and oxygen atoms in total. The van der Waals surface area contributed by atoms with E-state index in [2.05, 4.69) is 0 Å². The number of benzene rings is 6. The van der Waals surface area contributed by atoms with Gasteiger partial charge in [0, 0.05) is 11.1 Å². The molecule has 6 rings (SSSR count). The van der Waals surface area contributed by atoms with E-state index >= 15 is 0 Å². The van der Waals surface area contributed by atoms with Gasteiger partial charge < -0.3 is 29.9 Å². The summed E-state index contributed by atoms with van der Waals surface area (Å²) in [4.78, 5) is 0. The van der Waals surface area contributed by atoms with Crippen LogP contribution in [0.1, 0.15) is 0 Å². The normalized spacial score (nSPS) is 11.5. The Balaban J connectivity index is 1.83. The zero-order chi connectivity index (χ0) is 25.1. The molecule has 0 aliphatic carbocycles. The molecule has 0 spiro atoms. The van der Waals surface area contributed by atoms with E-state index in [4.69, 9.17) is 9.47 Å². The molecule has 0 bridgehead atoms. The number of phenols is 4. The molecule has 0 amide bonds. The first-order chi connectivity index (χ1) is 17.4. The van der Waals surface area contributed by atoms with Crippen LogP contribution in [0, 0.1) is 0 Å². The summed E-state index contributed by atoms with van der Waals surface area (Å²) >= 11 is 0. The maximum absolute atomic E-state index is 11.4. The second kappa shape index (κ2) is 7.85. The Hall–Kier alpha value is -4.84. The topological polar surface area (TPSA) is 99.4 Å². The number of phenolic OH excluding ortho intramolecular Hbond substituents is 4. The van der Waals surface area contributed by atoms with Crippen molar-refractivity contribution >= 4 is 43.1 Å². The summed E-state index contributed by atoms with van der Waals surface area (Å²) in [5.41, 5.74) is 0.803. The Bertz CT molecular complexity index is 1720. The van der Waals surface area contributed by atoms with Gasteiger partial charge in [-0.1, -0.05) is 36.4 Å². The van der Waals surface area contributed by atoms with E-state index in [1.807, 2.05) is 36.4 Å². The van der Waals surface area contributed by atoms with Gasteiger partial charge in [-0.2, -0.15) is 0 Å². The minimum absolute atomic E-state index is 0.112. The van der Waals surface area contributed by atoms with Crippen molar-refractivity contribution in [3.05, 3.63) is 72.8 Å². The van der Waals surface area contributed by atoms with Crippen LogP contribution in [0.2, 0.25) is 0 Å². The third-order valence-electron chi connectivity index (χ3n) is 6.81. The fourth-order valence-electron chi connectivity index (χ4n) is 5.15. The Morgan fingerprint density at radius 2 is 0.833 bits per heavy atom. The molecule has 0 radical (unpaired) electrons. The van der Waals surface area contributed by atoms with Crippen molar-refractivity contribution in [1.29, 1.82) is 0 Å². The van der Waals surface area contributed by atoms with Crippen LogP contribution in [0.15, 0.2) is 72.8 Å². The number of rotatable bonds is 3. The first-order valence-electron chi connectivity index (χ1n) is 11.3. The fourth-order valence-corrected chi connectivity index (χ4v) is 5.15. The van der Waals surface area contributed by atoms with Crippen LogP contribution in [-0.2, 0) is 0 Å². The number of aromatic hydroxyl groups is 4. The molecule has 6 aromatic rings. The van der Waals surface area contributed by atoms with Crippen molar-refractivity contribution < 1.29 is 29.9 Å². The fraction of sp³-hybridized carbons (Fsp3) is 0.0667. The quantitative estimate of drug-likeness (QED) is 0.209. The molecule has 0 aliphatic rings. The number of methoxy groups -OCH3 is 2. The summed E-state index contributed by atoms with van der Waals surface area (Å²) in [6, 6.07) is 21.2. The average Bonchev–Trinajstić information content (AvgIpc) is 2.88. The van der Waals surface area contributed by atoms with Gasteiger partial charge in [0.25, 0.3) is 0 Å². The predicted octanol–water partition coefficient (Wildman–Crippen LogP) is 6.81. The molecule has 178 valence electrons. The van der Waals surface area contributed by atoms with Gasteiger partial charge in [-0.3, -0.25) is 0 Å². The molecule has 0 unspecified atom stereocenters. The summed E-state index contributed by atoms with van der Waals surface area (Å²) in [5, 5.41) is 49.1. The van der Waals surface area contributed by atoms with Crippen molar-refractivity contribution in [2.45, 2.75) is 0 Å². The molecule has 0 atom stereocenters. The lowest BCUT2D eigenvalue weighted by molar-refractivity contribution is 0.372. The molecular weight excluding hydrogens is 456 g/mol. The van der Waals surface area contributed by atoms with E-state index in [9.17, 15) is 20.4 Å². The second-order valence-electron chi connectivity index (χ2n) is 8.74. The minimum atomic E-state index is -0.112. The Morgan fingerprint density at radius 1 is 0.444 bits per heavy atom. The lowest BCUT2D eigenvalue weighted by Gasteiger charge is -2.19. The molecule has 0 aliphatic heterocycles. The van der Waals surface area contributed by atoms with Crippen molar-refractivity contribution in [1.82, 2.24) is 0 Å². The first kappa shape index (κ1) is 21.7. The molecule has 0 saturated carbocycles. The molecule has 6 heteroatoms. The average molecular weight is 479 g/mol. The number of hydrogen-bond acceptors (Lipinski definition) is 6. The summed E-state index contributed by atoms with van der Waals surface area (Å²) in [6.07, 6.45) is 0. The molecule has 0 fully saturated rings. The molecule has 36 heavy (non-hydrogen) atoms. The van der Waals surface area contributed by atoms with Crippen LogP contribution in [0.4, 0.5) is 0 Å². The smallest absolute Gasteiger partial charge is 0.166 e. The van der Waals surface area contributed by atoms with Crippen molar-refractivity contribution in [2.24, 2.45) is 0 Å². The highest BCUT2D eigenvalue weighted by molar-refractivity contribution is 6.21. The summed E-state index contributed by atoms with van der Waals surface area (Å²) in [5.74, 6) is 0.584. The molecule has 0 heterocycles. The van der Waals surface area contributed by atoms with E-state index in [0.717, 1.165) is 32.3 Å². The van der Waals surface area contributed by atoms with Crippen LogP contribution in [0.25, 0.3) is 54.2 Å². The third kappa shape index (κ3) is 3.04. The third-order valence-corrected chi connectivity index (χ3v) is 6.81. The van der Waals surface area contributed by atoms with Crippen molar-refractivity contribution in [2.75, 3.05) is 14.2 Å². The van der Waals surface area contributed by atoms with E-state index in [1.54, 1.807) is 36.4 Å². The largest absolute Gasteiger partial charge is 0.508 e. The number of fused-ring (bicyclic) bond motifs is 6. The summed E-state index contributed by atoms with van der Waals surface area (Å²) in [6.45, 7) is 0. The Kier molecular flexibility index (Phi) is 4.73. The zero-order valence-corrected chi connectivity index (χ0v) is 19.5. The van der Waals surface area contributed by atoms with Gasteiger partial charge in [-0.25, -0.2) is 0 Å². The first-order valence-corrected chi connectivity index (χ1v) is 11.3. The van der Waals surface area contributed by atoms with Gasteiger partial charge in [0.05, 0.1) is 14.2 Å². The zero-order valence-electron chi connectivity index (χ0n) is 19.5. The number of ether oxygens (including phenoxy) is 2. The Morgan fingerprint density at radius 3 is 1.22 bits per heavy atom. The van der Waals surface area contributed by atoms with Gasteiger partial charge in [0.15, 0.2) is 23.0 Å². The van der Waals surface area contributed by atoms with E-state index in [1.165, 1.54) is 14.2 Å². The minimum Gasteiger partial charge on any atom is -0.508 e. The summed E-state index contributed by atoms with van der Waals surface area (Å²) in [7, 11) is 2.95. The molecular formula is C30H22O6. The summed E-state index contributed by atoms with van der Waals surface area (Å²) < 4.78 is 11.1. The SMILES string of the molecule is COc1cc2c(ccc3cc(O)ccc32)c(-c2c(O)c(OC)cc3c2ccc2cc(O)ccc23)c1O. The second-order valence-corrected chi connectivity index (χ2v) is 8.74.